The molecule has 0 spiro atoms. The van der Waals surface area contributed by atoms with Crippen LogP contribution in [0.15, 0.2) is 48.1 Å². The zero-order chi connectivity index (χ0) is 10.1. The van der Waals surface area contributed by atoms with Gasteiger partial charge in [-0.15, -0.1) is 0 Å². The highest BCUT2D eigenvalue weighted by molar-refractivity contribution is 5.69. The maximum atomic E-state index is 6.85. The molecule has 0 saturated carbocycles. The lowest BCUT2D eigenvalue weighted by molar-refractivity contribution is 1.13. The van der Waals surface area contributed by atoms with E-state index in [0.717, 1.165) is 12.0 Å². The summed E-state index contributed by atoms with van der Waals surface area (Å²) < 4.78 is 0. The quantitative estimate of drug-likeness (QED) is 0.487. The van der Waals surface area contributed by atoms with E-state index in [2.05, 4.69) is 19.6 Å². The molecule has 0 aromatic carbocycles. The Hall–Kier alpha value is -1.37. The van der Waals surface area contributed by atoms with Crippen LogP contribution in [0.3, 0.4) is 0 Å². The van der Waals surface area contributed by atoms with Crippen molar-refractivity contribution in [2.45, 2.75) is 20.3 Å². The van der Waals surface area contributed by atoms with E-state index in [1.54, 1.807) is 6.08 Å². The summed E-state index contributed by atoms with van der Waals surface area (Å²) in [4.78, 5) is 0. The third kappa shape index (κ3) is 4.96. The average Bonchev–Trinajstić information content (AvgIpc) is 2.16. The zero-order valence-electron chi connectivity index (χ0n) is 8.38. The Labute approximate surface area is 80.7 Å². The molecule has 0 aromatic heterocycles. The van der Waals surface area contributed by atoms with E-state index in [-0.39, 0.29) is 0 Å². The summed E-state index contributed by atoms with van der Waals surface area (Å²) in [5.41, 5.74) is 2.18. The van der Waals surface area contributed by atoms with Gasteiger partial charge < -0.3 is 5.41 Å². The van der Waals surface area contributed by atoms with Crippen molar-refractivity contribution in [3.05, 3.63) is 48.1 Å². The Morgan fingerprint density at radius 1 is 1.38 bits per heavy atom. The van der Waals surface area contributed by atoms with Crippen LogP contribution in [0.1, 0.15) is 20.3 Å². The molecule has 0 aliphatic heterocycles. The molecule has 0 aliphatic rings. The van der Waals surface area contributed by atoms with Crippen molar-refractivity contribution in [1.29, 1.82) is 5.41 Å². The molecule has 0 rings (SSSR count). The van der Waals surface area contributed by atoms with Crippen LogP contribution in [0, 0.1) is 5.41 Å². The molecule has 1 heteroatoms. The maximum absolute atomic E-state index is 6.85. The standard InChI is InChI=1S/C12H17N/c1-4-6-9-12(5-2)11(3)8-7-10-13/h4,6-10,13H,3,5H2,1-2H3/b6-4-,8-7+,12-9-,13-10?. The lowest BCUT2D eigenvalue weighted by atomic mass is 10.0. The number of nitrogens with one attached hydrogen (secondary N) is 1. The van der Waals surface area contributed by atoms with Crippen molar-refractivity contribution in [2.24, 2.45) is 0 Å². The molecule has 0 aliphatic carbocycles. The van der Waals surface area contributed by atoms with Gasteiger partial charge in [-0.05, 0) is 30.6 Å². The van der Waals surface area contributed by atoms with Crippen LogP contribution < -0.4 is 0 Å². The fourth-order valence-electron chi connectivity index (χ4n) is 0.936. The summed E-state index contributed by atoms with van der Waals surface area (Å²) in [5, 5.41) is 6.85. The molecule has 0 heterocycles. The average molecular weight is 175 g/mol. The van der Waals surface area contributed by atoms with Crippen molar-refractivity contribution in [1.82, 2.24) is 0 Å². The Bertz CT molecular complexity index is 254. The normalized spacial score (nSPS) is 12.6. The van der Waals surface area contributed by atoms with E-state index < -0.39 is 0 Å². The van der Waals surface area contributed by atoms with Crippen LogP contribution in [0.25, 0.3) is 0 Å². The van der Waals surface area contributed by atoms with E-state index in [0.29, 0.717) is 0 Å². The van der Waals surface area contributed by atoms with Gasteiger partial charge in [-0.2, -0.15) is 0 Å². The highest BCUT2D eigenvalue weighted by Gasteiger charge is 1.93. The smallest absolute Gasteiger partial charge is 0.0177 e. The van der Waals surface area contributed by atoms with Crippen LogP contribution in [-0.4, -0.2) is 6.21 Å². The van der Waals surface area contributed by atoms with Crippen molar-refractivity contribution >= 4 is 6.21 Å². The van der Waals surface area contributed by atoms with Gasteiger partial charge in [0.05, 0.1) is 0 Å². The molecule has 0 atom stereocenters. The summed E-state index contributed by atoms with van der Waals surface area (Å²) in [7, 11) is 0. The largest absolute Gasteiger partial charge is 0.309 e. The molecular weight excluding hydrogens is 158 g/mol. The van der Waals surface area contributed by atoms with Crippen LogP contribution in [0.2, 0.25) is 0 Å². The second-order valence-electron chi connectivity index (χ2n) is 2.62. The maximum Gasteiger partial charge on any atom is 0.0177 e. The van der Waals surface area contributed by atoms with Gasteiger partial charge in [-0.3, -0.25) is 0 Å². The van der Waals surface area contributed by atoms with Gasteiger partial charge in [0.15, 0.2) is 0 Å². The minimum absolute atomic E-state index is 0.964. The lowest BCUT2D eigenvalue weighted by Gasteiger charge is -2.01. The van der Waals surface area contributed by atoms with Gasteiger partial charge in [0, 0.05) is 6.21 Å². The Morgan fingerprint density at radius 3 is 2.54 bits per heavy atom. The SMILES string of the molecule is C=C(/C=C/C=N)/C(=C\C=C/C)CC. The molecule has 0 unspecified atom stereocenters. The summed E-state index contributed by atoms with van der Waals surface area (Å²) >= 11 is 0. The van der Waals surface area contributed by atoms with Crippen molar-refractivity contribution in [2.75, 3.05) is 0 Å². The van der Waals surface area contributed by atoms with Crippen molar-refractivity contribution < 1.29 is 0 Å². The van der Waals surface area contributed by atoms with Crippen molar-refractivity contribution in [3.63, 3.8) is 0 Å². The fraction of sp³-hybridized carbons (Fsp3) is 0.250. The van der Waals surface area contributed by atoms with Gasteiger partial charge in [0.1, 0.15) is 0 Å². The first kappa shape index (κ1) is 11.6. The highest BCUT2D eigenvalue weighted by atomic mass is 14.3. The number of rotatable bonds is 5. The number of allylic oxidation sites excluding steroid dienone is 7. The van der Waals surface area contributed by atoms with E-state index in [1.807, 2.05) is 25.2 Å². The monoisotopic (exact) mass is 175 g/mol. The summed E-state index contributed by atoms with van der Waals surface area (Å²) in [6.07, 6.45) is 11.8. The molecule has 1 N–H and O–H groups in total. The molecule has 0 radical (unpaired) electrons. The first-order chi connectivity index (χ1) is 6.26. The number of hydrogen-bond acceptors (Lipinski definition) is 1. The molecule has 0 bridgehead atoms. The van der Waals surface area contributed by atoms with Gasteiger partial charge in [-0.25, -0.2) is 0 Å². The third-order valence-corrected chi connectivity index (χ3v) is 1.68. The van der Waals surface area contributed by atoms with E-state index >= 15 is 0 Å². The van der Waals surface area contributed by atoms with Gasteiger partial charge in [0.2, 0.25) is 0 Å². The van der Waals surface area contributed by atoms with Gasteiger partial charge >= 0.3 is 0 Å². The Balaban J connectivity index is 4.49. The molecule has 1 nitrogen and oxygen atoms in total. The van der Waals surface area contributed by atoms with E-state index in [1.165, 1.54) is 11.8 Å². The number of hydrogen-bond donors (Lipinski definition) is 1. The van der Waals surface area contributed by atoms with Crippen LogP contribution in [-0.2, 0) is 0 Å². The second kappa shape index (κ2) is 7.29. The minimum atomic E-state index is 0.964. The van der Waals surface area contributed by atoms with Gasteiger partial charge in [0.25, 0.3) is 0 Å². The van der Waals surface area contributed by atoms with E-state index in [9.17, 15) is 0 Å². The third-order valence-electron chi connectivity index (χ3n) is 1.68. The summed E-state index contributed by atoms with van der Waals surface area (Å²) in [6, 6.07) is 0. The molecule has 70 valence electrons. The van der Waals surface area contributed by atoms with Crippen LogP contribution in [0.5, 0.6) is 0 Å². The van der Waals surface area contributed by atoms with Crippen LogP contribution >= 0.6 is 0 Å². The summed E-state index contributed by atoms with van der Waals surface area (Å²) in [5.74, 6) is 0. The topological polar surface area (TPSA) is 23.9 Å². The Kier molecular flexibility index (Phi) is 6.52. The molecule has 0 fully saturated rings. The second-order valence-corrected chi connectivity index (χ2v) is 2.62. The highest BCUT2D eigenvalue weighted by Crippen LogP contribution is 2.12. The molecular formula is C12H17N. The minimum Gasteiger partial charge on any atom is -0.309 e. The molecule has 0 aromatic rings. The first-order valence-electron chi connectivity index (χ1n) is 4.44. The van der Waals surface area contributed by atoms with Crippen LogP contribution in [0.4, 0.5) is 0 Å². The van der Waals surface area contributed by atoms with Gasteiger partial charge in [-0.1, -0.05) is 37.8 Å². The van der Waals surface area contributed by atoms with Crippen molar-refractivity contribution in [3.8, 4) is 0 Å². The molecule has 0 amide bonds. The first-order valence-corrected chi connectivity index (χ1v) is 4.44. The predicted molar refractivity (Wildman–Crippen MR) is 60.3 cm³/mol. The predicted octanol–water partition coefficient (Wildman–Crippen LogP) is 3.66. The zero-order valence-corrected chi connectivity index (χ0v) is 8.38. The van der Waals surface area contributed by atoms with E-state index in [4.69, 9.17) is 5.41 Å². The molecule has 13 heavy (non-hydrogen) atoms. The Morgan fingerprint density at radius 2 is 2.08 bits per heavy atom. The summed E-state index contributed by atoms with van der Waals surface area (Å²) in [6.45, 7) is 8.01. The molecule has 0 saturated heterocycles. The fourth-order valence-corrected chi connectivity index (χ4v) is 0.936. The lowest BCUT2D eigenvalue weighted by Crippen LogP contribution is -1.82.